The highest BCUT2D eigenvalue weighted by Gasteiger charge is 2.09. The highest BCUT2D eigenvalue weighted by atomic mass is 16.5. The van der Waals surface area contributed by atoms with Crippen LogP contribution >= 0.6 is 0 Å². The van der Waals surface area contributed by atoms with E-state index in [-0.39, 0.29) is 5.60 Å². The Bertz CT molecular complexity index is 288. The summed E-state index contributed by atoms with van der Waals surface area (Å²) in [6.07, 6.45) is 8.93. The van der Waals surface area contributed by atoms with Gasteiger partial charge in [-0.1, -0.05) is 45.4 Å². The molecule has 0 aromatic heterocycles. The van der Waals surface area contributed by atoms with Crippen molar-refractivity contribution < 1.29 is 29.3 Å². The van der Waals surface area contributed by atoms with E-state index < -0.39 is 11.9 Å². The molecule has 1 fully saturated rings. The highest BCUT2D eigenvalue weighted by molar-refractivity contribution is 6.27. The first-order valence-electron chi connectivity index (χ1n) is 7.21. The average Bonchev–Trinajstić information content (AvgIpc) is 2.39. The van der Waals surface area contributed by atoms with Gasteiger partial charge >= 0.3 is 11.9 Å². The molecule has 1 rings (SSSR count). The summed E-state index contributed by atoms with van der Waals surface area (Å²) in [5.41, 5.74) is -0.318. The maximum Gasteiger partial charge on any atom is 0.414 e. The van der Waals surface area contributed by atoms with Crippen LogP contribution < -0.4 is 0 Å². The summed E-state index contributed by atoms with van der Waals surface area (Å²) in [6.45, 7) is 8.24. The lowest BCUT2D eigenvalue weighted by atomic mass is 9.88. The standard InChI is InChI=1S/C8H16.C5H10O2.C2H2O4/c1-2-8-6-4-3-5-7-8;1-5(2,3)7-4-6;3-1(4)2(5)6/h8H,2-7H2,1H3;4H,1-3H3;(H,3,4)(H,5,6). The Balaban J connectivity index is 0. The molecule has 2 N–H and O–H groups in total. The number of aliphatic carboxylic acids is 2. The summed E-state index contributed by atoms with van der Waals surface area (Å²) in [5, 5.41) is 14.8. The lowest BCUT2D eigenvalue weighted by Crippen LogP contribution is -2.17. The number of ether oxygens (including phenoxy) is 1. The van der Waals surface area contributed by atoms with Crippen molar-refractivity contribution in [2.45, 2.75) is 71.8 Å². The molecule has 1 aliphatic rings. The quantitative estimate of drug-likeness (QED) is 0.600. The van der Waals surface area contributed by atoms with E-state index in [9.17, 15) is 4.79 Å². The highest BCUT2D eigenvalue weighted by Crippen LogP contribution is 2.25. The van der Waals surface area contributed by atoms with E-state index in [2.05, 4.69) is 11.7 Å². The van der Waals surface area contributed by atoms with Crippen LogP contribution in [0, 0.1) is 5.92 Å². The first-order chi connectivity index (χ1) is 9.64. The van der Waals surface area contributed by atoms with Gasteiger partial charge in [-0.05, 0) is 26.7 Å². The number of rotatable bonds is 2. The van der Waals surface area contributed by atoms with E-state index >= 15 is 0 Å². The number of carbonyl (C=O) groups excluding carboxylic acids is 1. The Hall–Kier alpha value is -1.59. The zero-order chi connectivity index (χ0) is 16.9. The average molecular weight is 304 g/mol. The second kappa shape index (κ2) is 12.2. The lowest BCUT2D eigenvalue weighted by molar-refractivity contribution is -0.159. The molecule has 0 unspecified atom stereocenters. The summed E-state index contributed by atoms with van der Waals surface area (Å²) in [6, 6.07) is 0. The molecular formula is C15H28O6. The predicted octanol–water partition coefficient (Wildman–Crippen LogP) is 3.09. The number of carboxylic acid groups (broad SMARTS) is 2. The van der Waals surface area contributed by atoms with Crippen molar-refractivity contribution in [2.24, 2.45) is 5.92 Å². The van der Waals surface area contributed by atoms with Crippen LogP contribution in [0.4, 0.5) is 0 Å². The van der Waals surface area contributed by atoms with Crippen LogP contribution in [0.15, 0.2) is 0 Å². The summed E-state index contributed by atoms with van der Waals surface area (Å²) < 4.78 is 4.55. The van der Waals surface area contributed by atoms with Gasteiger partial charge in [-0.15, -0.1) is 0 Å². The summed E-state index contributed by atoms with van der Waals surface area (Å²) in [5.74, 6) is -2.56. The molecule has 0 heterocycles. The minimum Gasteiger partial charge on any atom is -0.473 e. The molecule has 1 aliphatic carbocycles. The Labute approximate surface area is 126 Å². The van der Waals surface area contributed by atoms with Crippen LogP contribution in [-0.4, -0.2) is 34.2 Å². The van der Waals surface area contributed by atoms with Gasteiger partial charge in [0.15, 0.2) is 0 Å². The third-order valence-corrected chi connectivity index (χ3v) is 2.89. The smallest absolute Gasteiger partial charge is 0.414 e. The number of hydrogen-bond acceptors (Lipinski definition) is 4. The fraction of sp³-hybridized carbons (Fsp3) is 0.800. The van der Waals surface area contributed by atoms with E-state index in [4.69, 9.17) is 19.8 Å². The molecule has 0 aliphatic heterocycles. The van der Waals surface area contributed by atoms with Crippen molar-refractivity contribution in [1.82, 2.24) is 0 Å². The van der Waals surface area contributed by atoms with Crippen LogP contribution in [0.1, 0.15) is 66.2 Å². The van der Waals surface area contributed by atoms with Crippen molar-refractivity contribution in [3.05, 3.63) is 0 Å². The largest absolute Gasteiger partial charge is 0.473 e. The van der Waals surface area contributed by atoms with E-state index in [1.807, 2.05) is 20.8 Å². The maximum absolute atomic E-state index is 9.60. The summed E-state index contributed by atoms with van der Waals surface area (Å²) in [4.78, 5) is 27.8. The zero-order valence-corrected chi connectivity index (χ0v) is 13.4. The fourth-order valence-electron chi connectivity index (χ4n) is 1.74. The number of carbonyl (C=O) groups is 3. The normalized spacial score (nSPS) is 14.7. The molecule has 0 atom stereocenters. The molecule has 21 heavy (non-hydrogen) atoms. The topological polar surface area (TPSA) is 101 Å². The van der Waals surface area contributed by atoms with Crippen molar-refractivity contribution in [1.29, 1.82) is 0 Å². The molecule has 1 saturated carbocycles. The molecule has 0 bridgehead atoms. The van der Waals surface area contributed by atoms with E-state index in [1.54, 1.807) is 0 Å². The Morgan fingerprint density at radius 3 is 1.67 bits per heavy atom. The molecule has 0 aromatic rings. The molecule has 0 spiro atoms. The second-order valence-corrected chi connectivity index (χ2v) is 5.85. The SMILES string of the molecule is CC(C)(C)OC=O.CCC1CCCCC1.O=C(O)C(=O)O. The van der Waals surface area contributed by atoms with Crippen molar-refractivity contribution >= 4 is 18.4 Å². The van der Waals surface area contributed by atoms with Crippen LogP contribution in [0.2, 0.25) is 0 Å². The first kappa shape index (κ1) is 21.7. The van der Waals surface area contributed by atoms with Gasteiger partial charge < -0.3 is 14.9 Å². The molecule has 124 valence electrons. The second-order valence-electron chi connectivity index (χ2n) is 5.85. The monoisotopic (exact) mass is 304 g/mol. The maximum atomic E-state index is 9.60. The van der Waals surface area contributed by atoms with Gasteiger partial charge in [0.05, 0.1) is 0 Å². The van der Waals surface area contributed by atoms with Crippen LogP contribution in [0.3, 0.4) is 0 Å². The molecule has 6 heteroatoms. The van der Waals surface area contributed by atoms with Crippen LogP contribution in [0.5, 0.6) is 0 Å². The van der Waals surface area contributed by atoms with Crippen molar-refractivity contribution in [2.75, 3.05) is 0 Å². The number of hydrogen-bond donors (Lipinski definition) is 2. The van der Waals surface area contributed by atoms with E-state index in [1.165, 1.54) is 38.5 Å². The lowest BCUT2D eigenvalue weighted by Gasteiger charge is -2.18. The van der Waals surface area contributed by atoms with Gasteiger partial charge in [-0.25, -0.2) is 9.59 Å². The third kappa shape index (κ3) is 18.4. The molecule has 0 aromatic carbocycles. The minimum atomic E-state index is -1.82. The molecule has 0 saturated heterocycles. The Morgan fingerprint density at radius 2 is 1.52 bits per heavy atom. The predicted molar refractivity (Wildman–Crippen MR) is 79.0 cm³/mol. The fourth-order valence-corrected chi connectivity index (χ4v) is 1.74. The number of carboxylic acids is 2. The first-order valence-corrected chi connectivity index (χ1v) is 7.21. The Morgan fingerprint density at radius 1 is 1.10 bits per heavy atom. The Kier molecular flexibility index (Phi) is 12.6. The minimum absolute atomic E-state index is 0.318. The zero-order valence-electron chi connectivity index (χ0n) is 13.4. The molecular weight excluding hydrogens is 276 g/mol. The van der Waals surface area contributed by atoms with Crippen LogP contribution in [0.25, 0.3) is 0 Å². The van der Waals surface area contributed by atoms with Gasteiger partial charge in [0.2, 0.25) is 0 Å². The van der Waals surface area contributed by atoms with Crippen molar-refractivity contribution in [3.63, 3.8) is 0 Å². The summed E-state index contributed by atoms with van der Waals surface area (Å²) >= 11 is 0. The summed E-state index contributed by atoms with van der Waals surface area (Å²) in [7, 11) is 0. The molecule has 6 nitrogen and oxygen atoms in total. The molecule has 0 radical (unpaired) electrons. The molecule has 0 amide bonds. The van der Waals surface area contributed by atoms with Gasteiger partial charge in [0.1, 0.15) is 5.60 Å². The van der Waals surface area contributed by atoms with E-state index in [0.717, 1.165) is 5.92 Å². The van der Waals surface area contributed by atoms with Gasteiger partial charge in [-0.2, -0.15) is 0 Å². The van der Waals surface area contributed by atoms with E-state index in [0.29, 0.717) is 6.47 Å². The van der Waals surface area contributed by atoms with Gasteiger partial charge in [0, 0.05) is 0 Å². The third-order valence-electron chi connectivity index (χ3n) is 2.89. The van der Waals surface area contributed by atoms with Gasteiger partial charge in [-0.3, -0.25) is 4.79 Å². The van der Waals surface area contributed by atoms with Gasteiger partial charge in [0.25, 0.3) is 6.47 Å². The van der Waals surface area contributed by atoms with Crippen LogP contribution in [-0.2, 0) is 19.1 Å². The van der Waals surface area contributed by atoms with Crippen molar-refractivity contribution in [3.8, 4) is 0 Å².